The highest BCUT2D eigenvalue weighted by atomic mass is 16.4. The number of carbonyl (C=O) groups is 3. The Labute approximate surface area is 99.5 Å². The Morgan fingerprint density at radius 3 is 2.35 bits per heavy atom. The van der Waals surface area contributed by atoms with Gasteiger partial charge in [-0.1, -0.05) is 0 Å². The summed E-state index contributed by atoms with van der Waals surface area (Å²) in [7, 11) is 0. The van der Waals surface area contributed by atoms with Crippen LogP contribution in [0.2, 0.25) is 0 Å². The molecule has 0 aliphatic rings. The zero-order valence-corrected chi connectivity index (χ0v) is 9.81. The van der Waals surface area contributed by atoms with Gasteiger partial charge in [0.25, 0.3) is 0 Å². The molecule has 0 saturated heterocycles. The lowest BCUT2D eigenvalue weighted by Gasteiger charge is -2.17. The van der Waals surface area contributed by atoms with E-state index < -0.39 is 30.4 Å². The maximum absolute atomic E-state index is 11.5. The number of Topliss-reactive ketones (excluding diaryl/α,β-unsaturated/α-hetero) is 1. The molecule has 6 N–H and O–H groups in total. The molecule has 0 fully saturated rings. The van der Waals surface area contributed by atoms with Gasteiger partial charge in [-0.2, -0.15) is 0 Å². The lowest BCUT2D eigenvalue weighted by atomic mass is 10.1. The van der Waals surface area contributed by atoms with E-state index in [1.165, 1.54) is 6.92 Å². The molecule has 2 atom stereocenters. The first-order chi connectivity index (χ1) is 7.88. The summed E-state index contributed by atoms with van der Waals surface area (Å²) < 4.78 is 0. The predicted molar refractivity (Wildman–Crippen MR) is 61.1 cm³/mol. The number of carbonyl (C=O) groups excluding carboxylic acids is 2. The highest BCUT2D eigenvalue weighted by molar-refractivity contribution is 5.91. The molecule has 0 bridgehead atoms. The number of aliphatic carboxylic acids is 1. The highest BCUT2D eigenvalue weighted by Gasteiger charge is 2.22. The molecule has 0 spiro atoms. The third-order valence-electron chi connectivity index (χ3n) is 2.24. The molecular formula is C10H19N3O4. The number of carboxylic acid groups (broad SMARTS) is 1. The number of hydrogen-bond acceptors (Lipinski definition) is 5. The summed E-state index contributed by atoms with van der Waals surface area (Å²) in [6.45, 7) is 1.77. The molecule has 0 aromatic heterocycles. The summed E-state index contributed by atoms with van der Waals surface area (Å²) in [4.78, 5) is 33.1. The summed E-state index contributed by atoms with van der Waals surface area (Å²) in [5.41, 5.74) is 10.7. The first kappa shape index (κ1) is 15.5. The maximum Gasteiger partial charge on any atom is 0.305 e. The molecule has 98 valence electrons. The van der Waals surface area contributed by atoms with Crippen LogP contribution < -0.4 is 16.8 Å². The minimum absolute atomic E-state index is 0.200. The molecule has 0 radical (unpaired) electrons. The van der Waals surface area contributed by atoms with Crippen LogP contribution in [-0.2, 0) is 14.4 Å². The zero-order valence-electron chi connectivity index (χ0n) is 9.81. The Kier molecular flexibility index (Phi) is 7.08. The molecule has 7 heteroatoms. The Bertz CT molecular complexity index is 293. The molecule has 0 heterocycles. The van der Waals surface area contributed by atoms with Crippen LogP contribution in [0.3, 0.4) is 0 Å². The van der Waals surface area contributed by atoms with E-state index >= 15 is 0 Å². The first-order valence-corrected chi connectivity index (χ1v) is 5.36. The Morgan fingerprint density at radius 1 is 1.35 bits per heavy atom. The highest BCUT2D eigenvalue weighted by Crippen LogP contribution is 1.99. The van der Waals surface area contributed by atoms with Gasteiger partial charge in [0.2, 0.25) is 5.91 Å². The van der Waals surface area contributed by atoms with Crippen molar-refractivity contribution in [2.75, 3.05) is 6.54 Å². The van der Waals surface area contributed by atoms with Crippen LogP contribution in [-0.4, -0.2) is 41.4 Å². The van der Waals surface area contributed by atoms with E-state index in [9.17, 15) is 14.4 Å². The molecule has 0 rings (SSSR count). The normalized spacial score (nSPS) is 13.8. The van der Waals surface area contributed by atoms with Crippen LogP contribution in [0.25, 0.3) is 0 Å². The van der Waals surface area contributed by atoms with Crippen LogP contribution in [0, 0.1) is 0 Å². The molecule has 0 aliphatic carbocycles. The van der Waals surface area contributed by atoms with Gasteiger partial charge in [-0.05, 0) is 26.3 Å². The molecule has 0 aromatic rings. The van der Waals surface area contributed by atoms with E-state index in [0.29, 0.717) is 19.4 Å². The van der Waals surface area contributed by atoms with Crippen molar-refractivity contribution >= 4 is 17.7 Å². The monoisotopic (exact) mass is 245 g/mol. The SMILES string of the molecule is CC(=O)[C@H](CCCN)NC(=O)[C@@H](N)CC(=O)O. The van der Waals surface area contributed by atoms with E-state index in [4.69, 9.17) is 16.6 Å². The van der Waals surface area contributed by atoms with Gasteiger partial charge in [0.05, 0.1) is 18.5 Å². The van der Waals surface area contributed by atoms with Crippen molar-refractivity contribution < 1.29 is 19.5 Å². The lowest BCUT2D eigenvalue weighted by molar-refractivity contribution is -0.139. The smallest absolute Gasteiger partial charge is 0.305 e. The van der Waals surface area contributed by atoms with Crippen molar-refractivity contribution in [1.82, 2.24) is 5.32 Å². The fraction of sp³-hybridized carbons (Fsp3) is 0.700. The fourth-order valence-electron chi connectivity index (χ4n) is 1.26. The molecular weight excluding hydrogens is 226 g/mol. The van der Waals surface area contributed by atoms with Crippen molar-refractivity contribution in [1.29, 1.82) is 0 Å². The quantitative estimate of drug-likeness (QED) is 0.415. The van der Waals surface area contributed by atoms with E-state index in [2.05, 4.69) is 5.32 Å². The van der Waals surface area contributed by atoms with Gasteiger partial charge in [0, 0.05) is 0 Å². The largest absolute Gasteiger partial charge is 0.481 e. The average Bonchev–Trinajstić information content (AvgIpc) is 2.22. The third kappa shape index (κ3) is 6.64. The Morgan fingerprint density at radius 2 is 1.94 bits per heavy atom. The van der Waals surface area contributed by atoms with Crippen LogP contribution in [0.15, 0.2) is 0 Å². The second-order valence-corrected chi connectivity index (χ2v) is 3.81. The van der Waals surface area contributed by atoms with Crippen LogP contribution >= 0.6 is 0 Å². The summed E-state index contributed by atoms with van der Waals surface area (Å²) in [5, 5.41) is 10.9. The first-order valence-electron chi connectivity index (χ1n) is 5.36. The number of amides is 1. The molecule has 17 heavy (non-hydrogen) atoms. The van der Waals surface area contributed by atoms with Crippen molar-refractivity contribution in [2.24, 2.45) is 11.5 Å². The minimum atomic E-state index is -1.16. The molecule has 0 unspecified atom stereocenters. The summed E-state index contributed by atoms with van der Waals surface area (Å²) in [5.74, 6) is -1.99. The molecule has 7 nitrogen and oxygen atoms in total. The second-order valence-electron chi connectivity index (χ2n) is 3.81. The van der Waals surface area contributed by atoms with Crippen LogP contribution in [0.5, 0.6) is 0 Å². The molecule has 1 amide bonds. The van der Waals surface area contributed by atoms with E-state index in [-0.39, 0.29) is 5.78 Å². The molecule has 0 saturated carbocycles. The fourth-order valence-corrected chi connectivity index (χ4v) is 1.26. The standard InChI is InChI=1S/C10H19N3O4/c1-6(14)8(3-2-4-11)13-10(17)7(12)5-9(15)16/h7-8H,2-5,11-12H2,1H3,(H,13,17)(H,15,16)/t7-,8-/m0/s1. The number of rotatable bonds is 8. The number of nitrogens with one attached hydrogen (secondary N) is 1. The van der Waals surface area contributed by atoms with Crippen molar-refractivity contribution in [2.45, 2.75) is 38.3 Å². The van der Waals surface area contributed by atoms with Crippen molar-refractivity contribution in [3.05, 3.63) is 0 Å². The van der Waals surface area contributed by atoms with Gasteiger partial charge in [0.1, 0.15) is 0 Å². The van der Waals surface area contributed by atoms with E-state index in [0.717, 1.165) is 0 Å². The summed E-state index contributed by atoms with van der Waals surface area (Å²) >= 11 is 0. The Hall–Kier alpha value is -1.47. The summed E-state index contributed by atoms with van der Waals surface area (Å²) in [6, 6.07) is -1.79. The zero-order chi connectivity index (χ0) is 13.4. The molecule has 0 aromatic carbocycles. The average molecular weight is 245 g/mol. The third-order valence-corrected chi connectivity index (χ3v) is 2.24. The van der Waals surface area contributed by atoms with Gasteiger partial charge in [-0.25, -0.2) is 0 Å². The second kappa shape index (κ2) is 7.75. The van der Waals surface area contributed by atoms with Gasteiger partial charge in [-0.3, -0.25) is 14.4 Å². The van der Waals surface area contributed by atoms with Crippen LogP contribution in [0.1, 0.15) is 26.2 Å². The lowest BCUT2D eigenvalue weighted by Crippen LogP contribution is -2.48. The summed E-state index contributed by atoms with van der Waals surface area (Å²) in [6.07, 6.45) is 0.559. The van der Waals surface area contributed by atoms with Gasteiger partial charge in [0.15, 0.2) is 5.78 Å². The predicted octanol–water partition coefficient (Wildman–Crippen LogP) is -1.40. The Balaban J connectivity index is 4.29. The number of nitrogens with two attached hydrogens (primary N) is 2. The molecule has 0 aliphatic heterocycles. The van der Waals surface area contributed by atoms with Crippen molar-refractivity contribution in [3.8, 4) is 0 Å². The van der Waals surface area contributed by atoms with E-state index in [1.54, 1.807) is 0 Å². The van der Waals surface area contributed by atoms with Gasteiger partial charge in [-0.15, -0.1) is 0 Å². The number of carboxylic acids is 1. The maximum atomic E-state index is 11.5. The minimum Gasteiger partial charge on any atom is -0.481 e. The van der Waals surface area contributed by atoms with Crippen LogP contribution in [0.4, 0.5) is 0 Å². The topological polar surface area (TPSA) is 136 Å². The van der Waals surface area contributed by atoms with Crippen molar-refractivity contribution in [3.63, 3.8) is 0 Å². The number of hydrogen-bond donors (Lipinski definition) is 4. The number of ketones is 1. The van der Waals surface area contributed by atoms with Gasteiger partial charge >= 0.3 is 5.97 Å². The van der Waals surface area contributed by atoms with E-state index in [1.807, 2.05) is 0 Å². The van der Waals surface area contributed by atoms with Gasteiger partial charge < -0.3 is 21.9 Å².